The summed E-state index contributed by atoms with van der Waals surface area (Å²) in [6, 6.07) is 3.73. The van der Waals surface area contributed by atoms with Gasteiger partial charge >= 0.3 is 0 Å². The van der Waals surface area contributed by atoms with Gasteiger partial charge in [0.05, 0.1) is 24.8 Å². The van der Waals surface area contributed by atoms with E-state index in [0.717, 1.165) is 33.6 Å². The highest BCUT2D eigenvalue weighted by atomic mass is 35.5. The number of benzene rings is 1. The maximum absolute atomic E-state index is 6.40. The Kier molecular flexibility index (Phi) is 3.62. The lowest BCUT2D eigenvalue weighted by Crippen LogP contribution is -1.97. The Morgan fingerprint density at radius 1 is 1.17 bits per heavy atom. The fourth-order valence-corrected chi connectivity index (χ4v) is 2.30. The van der Waals surface area contributed by atoms with E-state index in [1.165, 1.54) is 0 Å². The third-order valence-electron chi connectivity index (χ3n) is 3.09. The van der Waals surface area contributed by atoms with Crippen LogP contribution in [0.2, 0.25) is 5.02 Å². The molecule has 0 radical (unpaired) electrons. The van der Waals surface area contributed by atoms with Gasteiger partial charge in [-0.2, -0.15) is 0 Å². The molecule has 0 bridgehead atoms. The monoisotopic (exact) mass is 265 g/mol. The van der Waals surface area contributed by atoms with Gasteiger partial charge in [-0.25, -0.2) is 0 Å². The van der Waals surface area contributed by atoms with Gasteiger partial charge in [0.1, 0.15) is 0 Å². The molecule has 2 aromatic rings. The summed E-state index contributed by atoms with van der Waals surface area (Å²) >= 11 is 6.40. The van der Waals surface area contributed by atoms with E-state index in [1.807, 2.05) is 19.1 Å². The van der Waals surface area contributed by atoms with Crippen molar-refractivity contribution in [3.63, 3.8) is 0 Å². The van der Waals surface area contributed by atoms with Gasteiger partial charge < -0.3 is 9.47 Å². The molecule has 0 spiro atoms. The number of ether oxygens (including phenoxy) is 2. The first-order valence-corrected chi connectivity index (χ1v) is 6.20. The molecule has 0 atom stereocenters. The Morgan fingerprint density at radius 2 is 1.78 bits per heavy atom. The van der Waals surface area contributed by atoms with E-state index in [4.69, 9.17) is 21.1 Å². The molecule has 96 valence electrons. The first-order valence-electron chi connectivity index (χ1n) is 5.83. The van der Waals surface area contributed by atoms with Crippen molar-refractivity contribution < 1.29 is 9.47 Å². The maximum atomic E-state index is 6.40. The summed E-state index contributed by atoms with van der Waals surface area (Å²) in [6.07, 6.45) is 0.857. The molecule has 0 aliphatic rings. The number of nitrogens with zero attached hydrogens (tertiary/aromatic N) is 1. The minimum absolute atomic E-state index is 0.664. The molecule has 0 aliphatic heterocycles. The van der Waals surface area contributed by atoms with Crippen LogP contribution in [0.3, 0.4) is 0 Å². The number of fused-ring (bicyclic) bond motifs is 1. The van der Waals surface area contributed by atoms with Crippen molar-refractivity contribution in [2.75, 3.05) is 14.2 Å². The van der Waals surface area contributed by atoms with Crippen molar-refractivity contribution >= 4 is 22.5 Å². The standard InChI is InChI=1S/C14H16ClNO2/c1-5-10-8(2)14(15)9-6-12(17-3)13(18-4)7-11(9)16-10/h6-7H,5H2,1-4H3. The molecule has 4 heteroatoms. The SMILES string of the molecule is CCc1nc2cc(OC)c(OC)cc2c(Cl)c1C. The van der Waals surface area contributed by atoms with Gasteiger partial charge in [-0.15, -0.1) is 0 Å². The van der Waals surface area contributed by atoms with E-state index >= 15 is 0 Å². The Bertz CT molecular complexity index is 596. The van der Waals surface area contributed by atoms with Crippen LogP contribution in [0.15, 0.2) is 12.1 Å². The summed E-state index contributed by atoms with van der Waals surface area (Å²) in [4.78, 5) is 4.62. The highest BCUT2D eigenvalue weighted by Gasteiger charge is 2.13. The van der Waals surface area contributed by atoms with Crippen LogP contribution in [0.25, 0.3) is 10.9 Å². The second kappa shape index (κ2) is 5.02. The highest BCUT2D eigenvalue weighted by Crippen LogP contribution is 2.36. The molecule has 18 heavy (non-hydrogen) atoms. The quantitative estimate of drug-likeness (QED) is 0.846. The van der Waals surface area contributed by atoms with Crippen LogP contribution in [-0.4, -0.2) is 19.2 Å². The summed E-state index contributed by atoms with van der Waals surface area (Å²) in [7, 11) is 3.22. The number of halogens is 1. The zero-order chi connectivity index (χ0) is 13.3. The van der Waals surface area contributed by atoms with Gasteiger partial charge in [0, 0.05) is 17.1 Å². The minimum Gasteiger partial charge on any atom is -0.493 e. The van der Waals surface area contributed by atoms with E-state index in [9.17, 15) is 0 Å². The van der Waals surface area contributed by atoms with Crippen molar-refractivity contribution in [3.8, 4) is 11.5 Å². The molecule has 2 rings (SSSR count). The van der Waals surface area contributed by atoms with Gasteiger partial charge in [-0.05, 0) is 25.0 Å². The number of aromatic nitrogens is 1. The van der Waals surface area contributed by atoms with Gasteiger partial charge in [-0.3, -0.25) is 4.98 Å². The highest BCUT2D eigenvalue weighted by molar-refractivity contribution is 6.36. The molecule has 0 saturated heterocycles. The van der Waals surface area contributed by atoms with Gasteiger partial charge in [0.2, 0.25) is 0 Å². The van der Waals surface area contributed by atoms with E-state index in [1.54, 1.807) is 14.2 Å². The molecule has 1 aromatic heterocycles. The second-order valence-electron chi connectivity index (χ2n) is 4.08. The van der Waals surface area contributed by atoms with E-state index in [0.29, 0.717) is 11.5 Å². The van der Waals surface area contributed by atoms with Crippen LogP contribution in [0.1, 0.15) is 18.2 Å². The molecule has 3 nitrogen and oxygen atoms in total. The lowest BCUT2D eigenvalue weighted by atomic mass is 10.1. The van der Waals surface area contributed by atoms with Crippen LogP contribution in [0, 0.1) is 6.92 Å². The fourth-order valence-electron chi connectivity index (χ4n) is 2.04. The van der Waals surface area contributed by atoms with Gasteiger partial charge in [0.25, 0.3) is 0 Å². The molecule has 0 unspecified atom stereocenters. The largest absolute Gasteiger partial charge is 0.493 e. The molecular weight excluding hydrogens is 250 g/mol. The van der Waals surface area contributed by atoms with Crippen LogP contribution in [0.4, 0.5) is 0 Å². The number of pyridine rings is 1. The summed E-state index contributed by atoms with van der Waals surface area (Å²) in [5.74, 6) is 1.33. The number of methoxy groups -OCH3 is 2. The molecule has 0 saturated carbocycles. The summed E-state index contributed by atoms with van der Waals surface area (Å²) in [6.45, 7) is 4.06. The summed E-state index contributed by atoms with van der Waals surface area (Å²) < 4.78 is 10.6. The number of rotatable bonds is 3. The smallest absolute Gasteiger partial charge is 0.162 e. The number of aryl methyl sites for hydroxylation is 1. The predicted molar refractivity (Wildman–Crippen MR) is 74.0 cm³/mol. The Labute approximate surface area is 112 Å². The lowest BCUT2D eigenvalue weighted by molar-refractivity contribution is 0.356. The summed E-state index contributed by atoms with van der Waals surface area (Å²) in [5.41, 5.74) is 2.87. The van der Waals surface area contributed by atoms with E-state index < -0.39 is 0 Å². The van der Waals surface area contributed by atoms with Gasteiger partial charge in [-0.1, -0.05) is 18.5 Å². The van der Waals surface area contributed by atoms with Crippen LogP contribution >= 0.6 is 11.6 Å². The molecule has 0 amide bonds. The minimum atomic E-state index is 0.664. The van der Waals surface area contributed by atoms with Crippen LogP contribution in [0.5, 0.6) is 11.5 Å². The number of hydrogen-bond donors (Lipinski definition) is 0. The van der Waals surface area contributed by atoms with Crippen molar-refractivity contribution in [2.45, 2.75) is 20.3 Å². The molecule has 0 fully saturated rings. The normalized spacial score (nSPS) is 10.7. The third kappa shape index (κ3) is 1.99. The maximum Gasteiger partial charge on any atom is 0.162 e. The zero-order valence-electron chi connectivity index (χ0n) is 11.0. The third-order valence-corrected chi connectivity index (χ3v) is 3.58. The average molecular weight is 266 g/mol. The van der Waals surface area contributed by atoms with Crippen molar-refractivity contribution in [1.82, 2.24) is 4.98 Å². The molecule has 0 aliphatic carbocycles. The van der Waals surface area contributed by atoms with Gasteiger partial charge in [0.15, 0.2) is 11.5 Å². The molecule has 1 heterocycles. The average Bonchev–Trinajstić information content (AvgIpc) is 2.41. The predicted octanol–water partition coefficient (Wildman–Crippen LogP) is 3.78. The molecule has 0 N–H and O–H groups in total. The topological polar surface area (TPSA) is 31.4 Å². The number of hydrogen-bond acceptors (Lipinski definition) is 3. The van der Waals surface area contributed by atoms with Crippen LogP contribution in [-0.2, 0) is 6.42 Å². The first kappa shape index (κ1) is 13.0. The Morgan fingerprint density at radius 3 is 2.33 bits per heavy atom. The molecule has 1 aromatic carbocycles. The van der Waals surface area contributed by atoms with Crippen molar-refractivity contribution in [3.05, 3.63) is 28.4 Å². The van der Waals surface area contributed by atoms with Crippen molar-refractivity contribution in [2.24, 2.45) is 0 Å². The van der Waals surface area contributed by atoms with E-state index in [-0.39, 0.29) is 0 Å². The second-order valence-corrected chi connectivity index (χ2v) is 4.45. The summed E-state index contributed by atoms with van der Waals surface area (Å²) in [5, 5.41) is 1.63. The molecular formula is C14H16ClNO2. The lowest BCUT2D eigenvalue weighted by Gasteiger charge is -2.12. The zero-order valence-corrected chi connectivity index (χ0v) is 11.8. The fraction of sp³-hybridized carbons (Fsp3) is 0.357. The Balaban J connectivity index is 2.80. The van der Waals surface area contributed by atoms with E-state index in [2.05, 4.69) is 11.9 Å². The Hall–Kier alpha value is -1.48. The van der Waals surface area contributed by atoms with Crippen LogP contribution < -0.4 is 9.47 Å². The van der Waals surface area contributed by atoms with Crippen molar-refractivity contribution in [1.29, 1.82) is 0 Å². The first-order chi connectivity index (χ1) is 8.62.